The zero-order valence-corrected chi connectivity index (χ0v) is 21.8. The summed E-state index contributed by atoms with van der Waals surface area (Å²) in [5, 5.41) is 14.4. The van der Waals surface area contributed by atoms with E-state index in [2.05, 4.69) is 35.0 Å². The lowest BCUT2D eigenvalue weighted by Crippen LogP contribution is -2.12. The van der Waals surface area contributed by atoms with Crippen molar-refractivity contribution in [3.05, 3.63) is 36.7 Å². The number of rotatable bonds is 2. The number of nitrogens with zero attached hydrogens (tertiary/aromatic N) is 6. The molecule has 0 N–H and O–H groups in total. The Morgan fingerprint density at radius 3 is 1.52 bits per heavy atom. The lowest BCUT2D eigenvalue weighted by molar-refractivity contribution is 0.364. The van der Waals surface area contributed by atoms with E-state index in [1.165, 1.54) is 19.1 Å². The molecule has 0 radical (unpaired) electrons. The number of hydrogen-bond acceptors (Lipinski definition) is 9. The van der Waals surface area contributed by atoms with Gasteiger partial charge in [-0.25, -0.2) is 0 Å². The molecule has 0 amide bonds. The van der Waals surface area contributed by atoms with Crippen LogP contribution in [0, 0.1) is 0 Å². The summed E-state index contributed by atoms with van der Waals surface area (Å²) in [5.74, 6) is 2.84. The fourth-order valence-corrected chi connectivity index (χ4v) is 1.37. The van der Waals surface area contributed by atoms with Crippen LogP contribution in [0.5, 0.6) is 0 Å². The molecule has 31 heavy (non-hydrogen) atoms. The fraction of sp³-hybridized carbons (Fsp3) is 0.727. The van der Waals surface area contributed by atoms with Crippen molar-refractivity contribution in [1.29, 1.82) is 0 Å². The van der Waals surface area contributed by atoms with Crippen LogP contribution in [0.3, 0.4) is 0 Å². The Hall–Kier alpha value is -2.58. The Bertz CT molecular complexity index is 621. The number of hydrogen-bond donors (Lipinski definition) is 0. The van der Waals surface area contributed by atoms with Gasteiger partial charge in [0.05, 0.1) is 0 Å². The van der Waals surface area contributed by atoms with Crippen molar-refractivity contribution in [2.24, 2.45) is 0 Å². The molecule has 9 nitrogen and oxygen atoms in total. The van der Waals surface area contributed by atoms with Crippen LogP contribution in [0.15, 0.2) is 32.6 Å². The molecule has 180 valence electrons. The molecule has 0 saturated heterocycles. The van der Waals surface area contributed by atoms with Crippen LogP contribution in [0.4, 0.5) is 0 Å². The molecule has 9 heteroatoms. The first-order valence-electron chi connectivity index (χ1n) is 11.0. The molecule has 0 aliphatic heterocycles. The van der Waals surface area contributed by atoms with E-state index >= 15 is 0 Å². The van der Waals surface area contributed by atoms with Crippen LogP contribution < -0.4 is 0 Å². The third-order valence-corrected chi connectivity index (χ3v) is 2.78. The summed E-state index contributed by atoms with van der Waals surface area (Å²) in [5.41, 5.74) is 0.00694. The van der Waals surface area contributed by atoms with Gasteiger partial charge >= 0.3 is 0 Å². The maximum atomic E-state index is 4.87. The summed E-state index contributed by atoms with van der Waals surface area (Å²) in [4.78, 5) is 7.75. The van der Waals surface area contributed by atoms with E-state index in [-0.39, 0.29) is 5.41 Å². The van der Waals surface area contributed by atoms with Gasteiger partial charge in [0.15, 0.2) is 12.2 Å². The maximum absolute atomic E-state index is 4.87. The van der Waals surface area contributed by atoms with Gasteiger partial charge in [-0.1, -0.05) is 100 Å². The molecule has 0 saturated carbocycles. The van der Waals surface area contributed by atoms with Crippen LogP contribution in [-0.4, -0.2) is 30.5 Å². The van der Waals surface area contributed by atoms with E-state index < -0.39 is 0 Å². The molecule has 3 heterocycles. The van der Waals surface area contributed by atoms with Gasteiger partial charge in [0, 0.05) is 17.3 Å². The van der Waals surface area contributed by atoms with Crippen molar-refractivity contribution in [3.63, 3.8) is 0 Å². The minimum atomic E-state index is 0.00694. The summed E-state index contributed by atoms with van der Waals surface area (Å²) in [6, 6.07) is 0. The van der Waals surface area contributed by atoms with Crippen LogP contribution in [0.1, 0.15) is 119 Å². The smallest absolute Gasteiger partial charge is 0.228 e. The highest BCUT2D eigenvalue weighted by Crippen LogP contribution is 2.16. The predicted octanol–water partition coefficient (Wildman–Crippen LogP) is 6.83. The Balaban J connectivity index is -0.000000338. The molecule has 3 rings (SSSR count). The molecule has 0 atom stereocenters. The monoisotopic (exact) mass is 440 g/mol. The van der Waals surface area contributed by atoms with E-state index in [9.17, 15) is 0 Å². The van der Waals surface area contributed by atoms with Crippen molar-refractivity contribution in [2.45, 2.75) is 107 Å². The van der Waals surface area contributed by atoms with E-state index in [1.54, 1.807) is 0 Å². The highest BCUT2D eigenvalue weighted by molar-refractivity contribution is 4.96. The minimum absolute atomic E-state index is 0.00694. The Morgan fingerprint density at radius 2 is 1.32 bits per heavy atom. The van der Waals surface area contributed by atoms with Gasteiger partial charge in [0.25, 0.3) is 0 Å². The van der Waals surface area contributed by atoms with Gasteiger partial charge in [-0.15, -0.1) is 10.2 Å². The lowest BCUT2D eigenvalue weighted by Gasteiger charge is -2.10. The molecule has 0 aliphatic rings. The fourth-order valence-electron chi connectivity index (χ4n) is 1.37. The van der Waals surface area contributed by atoms with Crippen LogP contribution in [0.25, 0.3) is 0 Å². The normalized spacial score (nSPS) is 9.39. The van der Waals surface area contributed by atoms with Crippen LogP contribution in [0.2, 0.25) is 0 Å². The van der Waals surface area contributed by atoms with E-state index in [0.29, 0.717) is 23.6 Å². The topological polar surface area (TPSA) is 117 Å². The molecule has 0 unspecified atom stereocenters. The van der Waals surface area contributed by atoms with Crippen molar-refractivity contribution < 1.29 is 13.5 Å². The molecule has 3 aromatic rings. The Kier molecular flexibility index (Phi) is 22.1. The van der Waals surface area contributed by atoms with E-state index in [4.69, 9.17) is 8.94 Å². The number of aromatic nitrogens is 6. The molecule has 0 spiro atoms. The highest BCUT2D eigenvalue weighted by atomic mass is 16.5. The van der Waals surface area contributed by atoms with Crippen molar-refractivity contribution in [3.8, 4) is 0 Å². The van der Waals surface area contributed by atoms with Gasteiger partial charge in [0.2, 0.25) is 24.6 Å². The van der Waals surface area contributed by atoms with Crippen molar-refractivity contribution in [2.75, 3.05) is 0 Å². The van der Waals surface area contributed by atoms with Crippen molar-refractivity contribution >= 4 is 0 Å². The van der Waals surface area contributed by atoms with Crippen LogP contribution in [-0.2, 0) is 5.41 Å². The molecule has 3 aromatic heterocycles. The predicted molar refractivity (Wildman–Crippen MR) is 124 cm³/mol. The molecule has 0 aliphatic carbocycles. The summed E-state index contributed by atoms with van der Waals surface area (Å²) in [7, 11) is 0. The zero-order chi connectivity index (χ0) is 24.9. The van der Waals surface area contributed by atoms with Gasteiger partial charge in [-0.3, -0.25) is 0 Å². The maximum Gasteiger partial charge on any atom is 0.228 e. The van der Waals surface area contributed by atoms with E-state index in [1.807, 2.05) is 90.0 Å². The molecule has 0 aromatic carbocycles. The third kappa shape index (κ3) is 16.9. The molecular weight excluding hydrogens is 396 g/mol. The first-order chi connectivity index (χ1) is 14.7. The van der Waals surface area contributed by atoms with Crippen molar-refractivity contribution in [1.82, 2.24) is 30.5 Å². The standard InChI is InChI=1S/C6H10N2O.2C5H8N2O.3C2H6/c1-6(2,3)5-7-4-9-8-5;1-4(2)5-7-6-3-8-5;1-4(2)5-6-3-7-8-5;3*1-2/h4H,1-3H3;2*3-4H,1-2H3;3*1-2H3. The first-order valence-corrected chi connectivity index (χ1v) is 11.0. The Morgan fingerprint density at radius 1 is 0.774 bits per heavy atom. The zero-order valence-electron chi connectivity index (χ0n) is 21.8. The molecule has 0 fully saturated rings. The lowest BCUT2D eigenvalue weighted by atomic mass is 9.96. The molecule has 0 bridgehead atoms. The van der Waals surface area contributed by atoms with Crippen LogP contribution >= 0.6 is 0 Å². The average Bonchev–Trinajstić information content (AvgIpc) is 3.56. The Labute approximate surface area is 188 Å². The second kappa shape index (κ2) is 20.7. The largest absolute Gasteiger partial charge is 0.428 e. The summed E-state index contributed by atoms with van der Waals surface area (Å²) >= 11 is 0. The molecular formula is C22H44N6O3. The van der Waals surface area contributed by atoms with E-state index in [0.717, 1.165) is 5.82 Å². The third-order valence-electron chi connectivity index (χ3n) is 2.78. The second-order valence-electron chi connectivity index (χ2n) is 6.87. The van der Waals surface area contributed by atoms with Gasteiger partial charge in [0.1, 0.15) is 0 Å². The average molecular weight is 441 g/mol. The SMILES string of the molecule is CC.CC.CC.CC(C)(C)c1ncon1.CC(C)c1ncno1.CC(C)c1nnco1. The minimum Gasteiger partial charge on any atom is -0.428 e. The summed E-state index contributed by atoms with van der Waals surface area (Å²) in [6.07, 6.45) is 4.10. The van der Waals surface area contributed by atoms with Gasteiger partial charge in [-0.2, -0.15) is 9.97 Å². The highest BCUT2D eigenvalue weighted by Gasteiger charge is 2.17. The van der Waals surface area contributed by atoms with Gasteiger partial charge in [-0.05, 0) is 0 Å². The van der Waals surface area contributed by atoms with Gasteiger partial charge < -0.3 is 13.5 Å². The summed E-state index contributed by atoms with van der Waals surface area (Å²) in [6.45, 7) is 26.1. The first kappa shape index (κ1) is 33.1. The second-order valence-corrected chi connectivity index (χ2v) is 6.87. The summed E-state index contributed by atoms with van der Waals surface area (Å²) < 4.78 is 14.2. The quantitative estimate of drug-likeness (QED) is 0.422.